The molecule has 1 aliphatic carbocycles. The highest BCUT2D eigenvalue weighted by Gasteiger charge is 2.17. The average molecular weight is 283 g/mol. The molecule has 21 heavy (non-hydrogen) atoms. The van der Waals surface area contributed by atoms with Gasteiger partial charge in [-0.3, -0.25) is 0 Å². The van der Waals surface area contributed by atoms with Crippen molar-refractivity contribution in [2.45, 2.75) is 32.1 Å². The van der Waals surface area contributed by atoms with Gasteiger partial charge in [-0.1, -0.05) is 43.5 Å². The van der Waals surface area contributed by atoms with Gasteiger partial charge in [-0.15, -0.1) is 0 Å². The van der Waals surface area contributed by atoms with Gasteiger partial charge in [0.25, 0.3) is 0 Å². The van der Waals surface area contributed by atoms with Crippen LogP contribution >= 0.6 is 0 Å². The maximum atomic E-state index is 12.2. The third kappa shape index (κ3) is 3.18. The predicted octanol–water partition coefficient (Wildman–Crippen LogP) is 4.16. The van der Waals surface area contributed by atoms with Crippen molar-refractivity contribution >= 4 is 22.4 Å². The largest absolute Gasteiger partial charge is 0.462 e. The molecule has 0 aliphatic heterocycles. The van der Waals surface area contributed by atoms with Crippen LogP contribution in [0.1, 0.15) is 42.5 Å². The average Bonchev–Trinajstić information content (AvgIpc) is 2.53. The first-order chi connectivity index (χ1) is 10.2. The number of hydrogen-bond acceptors (Lipinski definition) is 3. The highest BCUT2D eigenvalue weighted by Crippen LogP contribution is 2.25. The maximum Gasteiger partial charge on any atom is 0.340 e. The van der Waals surface area contributed by atoms with Crippen LogP contribution in [-0.2, 0) is 4.74 Å². The first kappa shape index (κ1) is 13.9. The number of carbonyl (C=O) groups excluding carboxylic acids is 1. The molecule has 0 radical (unpaired) electrons. The fourth-order valence-electron chi connectivity index (χ4n) is 3.06. The van der Waals surface area contributed by atoms with Crippen LogP contribution < -0.4 is 5.73 Å². The topological polar surface area (TPSA) is 52.3 Å². The zero-order valence-corrected chi connectivity index (χ0v) is 12.2. The SMILES string of the molecule is Nc1cc2ccccc2cc1C(=O)OCC1CCCCC1. The number of carbonyl (C=O) groups is 1. The van der Waals surface area contributed by atoms with Gasteiger partial charge in [0, 0.05) is 5.69 Å². The number of rotatable bonds is 3. The number of esters is 1. The van der Waals surface area contributed by atoms with Crippen molar-refractivity contribution in [3.63, 3.8) is 0 Å². The minimum absolute atomic E-state index is 0.302. The normalized spacial score (nSPS) is 16.0. The summed E-state index contributed by atoms with van der Waals surface area (Å²) in [6.45, 7) is 0.519. The summed E-state index contributed by atoms with van der Waals surface area (Å²) in [6, 6.07) is 11.6. The number of nitrogens with two attached hydrogens (primary N) is 1. The van der Waals surface area contributed by atoms with Gasteiger partial charge in [0.2, 0.25) is 0 Å². The molecule has 110 valence electrons. The Morgan fingerprint density at radius 2 is 1.76 bits per heavy atom. The summed E-state index contributed by atoms with van der Waals surface area (Å²) >= 11 is 0. The van der Waals surface area contributed by atoms with Gasteiger partial charge in [-0.05, 0) is 41.7 Å². The predicted molar refractivity (Wildman–Crippen MR) is 85.2 cm³/mol. The van der Waals surface area contributed by atoms with Crippen LogP contribution in [0, 0.1) is 5.92 Å². The third-order valence-corrected chi connectivity index (χ3v) is 4.31. The minimum Gasteiger partial charge on any atom is -0.462 e. The second kappa shape index (κ2) is 6.17. The van der Waals surface area contributed by atoms with Gasteiger partial charge in [0.15, 0.2) is 0 Å². The fourth-order valence-corrected chi connectivity index (χ4v) is 3.06. The Labute approximate surface area is 125 Å². The lowest BCUT2D eigenvalue weighted by molar-refractivity contribution is 0.0411. The quantitative estimate of drug-likeness (QED) is 0.679. The summed E-state index contributed by atoms with van der Waals surface area (Å²) in [5.74, 6) is 0.216. The lowest BCUT2D eigenvalue weighted by Gasteiger charge is -2.21. The molecule has 1 fully saturated rings. The maximum absolute atomic E-state index is 12.2. The van der Waals surface area contributed by atoms with Gasteiger partial charge >= 0.3 is 5.97 Å². The molecule has 0 heterocycles. The fraction of sp³-hybridized carbons (Fsp3) is 0.389. The summed E-state index contributed by atoms with van der Waals surface area (Å²) < 4.78 is 5.48. The molecule has 1 aliphatic rings. The van der Waals surface area contributed by atoms with E-state index < -0.39 is 0 Å². The molecule has 0 saturated heterocycles. The van der Waals surface area contributed by atoms with Crippen LogP contribution in [0.3, 0.4) is 0 Å². The minimum atomic E-state index is -0.302. The van der Waals surface area contributed by atoms with Crippen LogP contribution in [-0.4, -0.2) is 12.6 Å². The van der Waals surface area contributed by atoms with Gasteiger partial charge in [0.05, 0.1) is 12.2 Å². The number of anilines is 1. The van der Waals surface area contributed by atoms with Crippen LogP contribution in [0.25, 0.3) is 10.8 Å². The number of benzene rings is 2. The van der Waals surface area contributed by atoms with Gasteiger partial charge in [0.1, 0.15) is 0 Å². The number of fused-ring (bicyclic) bond motifs is 1. The van der Waals surface area contributed by atoms with E-state index in [2.05, 4.69) is 0 Å². The molecule has 0 amide bonds. The van der Waals surface area contributed by atoms with Crippen LogP contribution in [0.5, 0.6) is 0 Å². The van der Waals surface area contributed by atoms with Crippen molar-refractivity contribution in [3.8, 4) is 0 Å². The molecular weight excluding hydrogens is 262 g/mol. The Kier molecular flexibility index (Phi) is 4.09. The van der Waals surface area contributed by atoms with Crippen LogP contribution in [0.4, 0.5) is 5.69 Å². The van der Waals surface area contributed by atoms with E-state index in [-0.39, 0.29) is 5.97 Å². The Bertz CT molecular complexity index is 645. The van der Waals surface area contributed by atoms with Crippen molar-refractivity contribution in [2.75, 3.05) is 12.3 Å². The van der Waals surface area contributed by atoms with Crippen molar-refractivity contribution in [1.82, 2.24) is 0 Å². The summed E-state index contributed by atoms with van der Waals surface area (Å²) in [5.41, 5.74) is 6.96. The summed E-state index contributed by atoms with van der Waals surface area (Å²) in [6.07, 6.45) is 6.14. The van der Waals surface area contributed by atoms with Gasteiger partial charge in [-0.25, -0.2) is 4.79 Å². The van der Waals surface area contributed by atoms with E-state index in [0.717, 1.165) is 10.8 Å². The summed E-state index contributed by atoms with van der Waals surface area (Å²) in [7, 11) is 0. The Balaban J connectivity index is 1.73. The Morgan fingerprint density at radius 1 is 1.10 bits per heavy atom. The number of nitrogen functional groups attached to an aromatic ring is 1. The first-order valence-electron chi connectivity index (χ1n) is 7.69. The van der Waals surface area contributed by atoms with Crippen molar-refractivity contribution in [1.29, 1.82) is 0 Å². The van der Waals surface area contributed by atoms with Gasteiger partial charge in [-0.2, -0.15) is 0 Å². The molecule has 1 saturated carbocycles. The monoisotopic (exact) mass is 283 g/mol. The van der Waals surface area contributed by atoms with E-state index in [1.807, 2.05) is 36.4 Å². The standard InChI is InChI=1S/C18H21NO2/c19-17-11-15-9-5-4-8-14(15)10-16(17)18(20)21-12-13-6-2-1-3-7-13/h4-5,8-11,13H,1-3,6-7,12,19H2. The second-order valence-corrected chi connectivity index (χ2v) is 5.89. The lowest BCUT2D eigenvalue weighted by atomic mass is 9.90. The number of hydrogen-bond donors (Lipinski definition) is 1. The third-order valence-electron chi connectivity index (χ3n) is 4.31. The molecule has 0 aromatic heterocycles. The molecule has 0 unspecified atom stereocenters. The van der Waals surface area contributed by atoms with Crippen LogP contribution in [0.15, 0.2) is 36.4 Å². The molecule has 0 atom stereocenters. The highest BCUT2D eigenvalue weighted by atomic mass is 16.5. The molecule has 3 rings (SSSR count). The smallest absolute Gasteiger partial charge is 0.340 e. The van der Waals surface area contributed by atoms with E-state index in [4.69, 9.17) is 10.5 Å². The molecular formula is C18H21NO2. The Morgan fingerprint density at radius 3 is 2.48 bits per heavy atom. The van der Waals surface area contributed by atoms with E-state index in [1.54, 1.807) is 0 Å². The Hall–Kier alpha value is -2.03. The van der Waals surface area contributed by atoms with Crippen LogP contribution in [0.2, 0.25) is 0 Å². The van der Waals surface area contributed by atoms with E-state index in [1.165, 1.54) is 32.1 Å². The van der Waals surface area contributed by atoms with Gasteiger partial charge < -0.3 is 10.5 Å². The molecule has 2 aromatic rings. The second-order valence-electron chi connectivity index (χ2n) is 5.89. The van der Waals surface area contributed by atoms with E-state index in [0.29, 0.717) is 23.8 Å². The van der Waals surface area contributed by atoms with Crippen molar-refractivity contribution < 1.29 is 9.53 Å². The molecule has 0 bridgehead atoms. The van der Waals surface area contributed by atoms with E-state index >= 15 is 0 Å². The molecule has 3 nitrogen and oxygen atoms in total. The summed E-state index contributed by atoms with van der Waals surface area (Å²) in [5, 5.41) is 2.05. The first-order valence-corrected chi connectivity index (χ1v) is 7.69. The zero-order valence-electron chi connectivity index (χ0n) is 12.2. The van der Waals surface area contributed by atoms with Crippen molar-refractivity contribution in [3.05, 3.63) is 42.0 Å². The zero-order chi connectivity index (χ0) is 14.7. The molecule has 2 aromatic carbocycles. The lowest BCUT2D eigenvalue weighted by Crippen LogP contribution is -2.17. The summed E-state index contributed by atoms with van der Waals surface area (Å²) in [4.78, 5) is 12.2. The highest BCUT2D eigenvalue weighted by molar-refractivity contribution is 6.01. The van der Waals surface area contributed by atoms with E-state index in [9.17, 15) is 4.79 Å². The molecule has 0 spiro atoms. The number of ether oxygens (including phenoxy) is 1. The molecule has 2 N–H and O–H groups in total. The molecule has 3 heteroatoms. The van der Waals surface area contributed by atoms with Crippen molar-refractivity contribution in [2.24, 2.45) is 5.92 Å².